The largest absolute Gasteiger partial charge is 0.386 e. The van der Waals surface area contributed by atoms with Crippen molar-refractivity contribution in [3.05, 3.63) is 50.9 Å². The Kier molecular flexibility index (Phi) is 5.00. The number of benzene rings is 1. The summed E-state index contributed by atoms with van der Waals surface area (Å²) in [7, 11) is -3.86. The van der Waals surface area contributed by atoms with E-state index in [0.29, 0.717) is 4.88 Å². The van der Waals surface area contributed by atoms with Crippen molar-refractivity contribution in [1.29, 1.82) is 0 Å². The first-order valence-corrected chi connectivity index (χ1v) is 8.72. The lowest BCUT2D eigenvalue weighted by Crippen LogP contribution is -2.28. The van der Waals surface area contributed by atoms with Crippen LogP contribution in [0.3, 0.4) is 0 Å². The SMILES string of the molecule is Cc1ccsc1[C@H](O)CNS(=O)(=O)c1ccc(F)c(Cl)c1. The minimum Gasteiger partial charge on any atom is -0.386 e. The number of aliphatic hydroxyl groups is 1. The molecule has 1 atom stereocenters. The molecule has 21 heavy (non-hydrogen) atoms. The van der Waals surface area contributed by atoms with Gasteiger partial charge in [0.25, 0.3) is 0 Å². The molecule has 2 aromatic rings. The second-order valence-corrected chi connectivity index (χ2v) is 7.53. The van der Waals surface area contributed by atoms with Crippen molar-refractivity contribution in [3.8, 4) is 0 Å². The molecular weight excluding hydrogens is 337 g/mol. The molecule has 8 heteroatoms. The highest BCUT2D eigenvalue weighted by molar-refractivity contribution is 7.89. The van der Waals surface area contributed by atoms with Crippen molar-refractivity contribution in [2.45, 2.75) is 17.9 Å². The molecule has 2 rings (SSSR count). The van der Waals surface area contributed by atoms with Crippen molar-refractivity contribution in [2.24, 2.45) is 0 Å². The van der Waals surface area contributed by atoms with Crippen LogP contribution in [-0.2, 0) is 10.0 Å². The van der Waals surface area contributed by atoms with E-state index < -0.39 is 21.9 Å². The summed E-state index contributed by atoms with van der Waals surface area (Å²) in [5.74, 6) is -0.690. The minimum absolute atomic E-state index is 0.149. The van der Waals surface area contributed by atoms with Crippen LogP contribution in [0.4, 0.5) is 4.39 Å². The average molecular weight is 350 g/mol. The second-order valence-electron chi connectivity index (χ2n) is 4.41. The van der Waals surface area contributed by atoms with E-state index in [1.54, 1.807) is 0 Å². The third-order valence-electron chi connectivity index (χ3n) is 2.87. The van der Waals surface area contributed by atoms with Gasteiger partial charge in [0.1, 0.15) is 11.9 Å². The maximum Gasteiger partial charge on any atom is 0.240 e. The molecule has 0 fully saturated rings. The van der Waals surface area contributed by atoms with Crippen molar-refractivity contribution >= 4 is 33.0 Å². The maximum atomic E-state index is 13.0. The van der Waals surface area contributed by atoms with Gasteiger partial charge in [0.05, 0.1) is 9.92 Å². The molecule has 0 radical (unpaired) electrons. The first-order valence-electron chi connectivity index (χ1n) is 5.98. The Bertz CT molecular complexity index is 746. The van der Waals surface area contributed by atoms with E-state index >= 15 is 0 Å². The molecular formula is C13H13ClFNO3S2. The minimum atomic E-state index is -3.86. The smallest absolute Gasteiger partial charge is 0.240 e. The van der Waals surface area contributed by atoms with E-state index in [-0.39, 0.29) is 16.5 Å². The number of nitrogens with one attached hydrogen (secondary N) is 1. The summed E-state index contributed by atoms with van der Waals surface area (Å²) >= 11 is 6.92. The molecule has 0 aliphatic heterocycles. The van der Waals surface area contributed by atoms with Crippen molar-refractivity contribution in [2.75, 3.05) is 6.54 Å². The molecule has 0 saturated heterocycles. The van der Waals surface area contributed by atoms with E-state index in [1.807, 2.05) is 18.4 Å². The summed E-state index contributed by atoms with van der Waals surface area (Å²) < 4.78 is 39.4. The van der Waals surface area contributed by atoms with E-state index in [4.69, 9.17) is 11.6 Å². The zero-order valence-electron chi connectivity index (χ0n) is 11.0. The predicted molar refractivity (Wildman–Crippen MR) is 80.6 cm³/mol. The number of rotatable bonds is 5. The summed E-state index contributed by atoms with van der Waals surface area (Å²) in [5, 5.41) is 11.5. The standard InChI is InChI=1S/C13H13ClFNO3S2/c1-8-4-5-20-13(8)12(17)7-16-21(18,19)9-2-3-11(15)10(14)6-9/h2-6,12,16-17H,7H2,1H3/t12-/m1/s1. The first-order chi connectivity index (χ1) is 9.81. The molecule has 114 valence electrons. The summed E-state index contributed by atoms with van der Waals surface area (Å²) in [6.45, 7) is 1.67. The molecule has 0 spiro atoms. The van der Waals surface area contributed by atoms with Gasteiger partial charge in [-0.3, -0.25) is 0 Å². The van der Waals surface area contributed by atoms with Gasteiger partial charge in [-0.25, -0.2) is 17.5 Å². The normalized spacial score (nSPS) is 13.3. The third kappa shape index (κ3) is 3.81. The van der Waals surface area contributed by atoms with Crippen LogP contribution in [0.2, 0.25) is 5.02 Å². The summed E-state index contributed by atoms with van der Waals surface area (Å²) in [6, 6.07) is 4.97. The summed E-state index contributed by atoms with van der Waals surface area (Å²) in [5.41, 5.74) is 0.900. The Balaban J connectivity index is 2.11. The van der Waals surface area contributed by atoms with E-state index in [0.717, 1.165) is 23.8 Å². The molecule has 0 amide bonds. The Labute approximate surface area is 131 Å². The molecule has 1 heterocycles. The van der Waals surface area contributed by atoms with Crippen LogP contribution >= 0.6 is 22.9 Å². The van der Waals surface area contributed by atoms with Crippen LogP contribution in [0, 0.1) is 12.7 Å². The third-order valence-corrected chi connectivity index (χ3v) is 5.70. The number of halogens is 2. The zero-order valence-corrected chi connectivity index (χ0v) is 13.4. The van der Waals surface area contributed by atoms with Gasteiger partial charge in [0, 0.05) is 11.4 Å². The van der Waals surface area contributed by atoms with E-state index in [9.17, 15) is 17.9 Å². The van der Waals surface area contributed by atoms with Gasteiger partial charge in [-0.05, 0) is 42.1 Å². The predicted octanol–water partition coefficient (Wildman–Crippen LogP) is 2.86. The first kappa shape index (κ1) is 16.4. The van der Waals surface area contributed by atoms with Gasteiger partial charge in [-0.1, -0.05) is 11.6 Å². The molecule has 0 unspecified atom stereocenters. The van der Waals surface area contributed by atoms with Gasteiger partial charge < -0.3 is 5.11 Å². The highest BCUT2D eigenvalue weighted by atomic mass is 35.5. The number of hydrogen-bond donors (Lipinski definition) is 2. The van der Waals surface area contributed by atoms with Crippen molar-refractivity contribution in [1.82, 2.24) is 4.72 Å². The molecule has 0 bridgehead atoms. The van der Waals surface area contributed by atoms with Gasteiger partial charge in [0.2, 0.25) is 10.0 Å². The molecule has 1 aromatic heterocycles. The lowest BCUT2D eigenvalue weighted by atomic mass is 10.2. The van der Waals surface area contributed by atoms with Gasteiger partial charge in [0.15, 0.2) is 0 Å². The van der Waals surface area contributed by atoms with Crippen LogP contribution < -0.4 is 4.72 Å². The molecule has 0 saturated carbocycles. The lowest BCUT2D eigenvalue weighted by molar-refractivity contribution is 0.185. The number of thiophene rings is 1. The molecule has 2 N–H and O–H groups in total. The Morgan fingerprint density at radius 2 is 2.14 bits per heavy atom. The summed E-state index contributed by atoms with van der Waals surface area (Å²) in [4.78, 5) is 0.554. The van der Waals surface area contributed by atoms with Gasteiger partial charge >= 0.3 is 0 Å². The zero-order chi connectivity index (χ0) is 15.6. The second kappa shape index (κ2) is 6.41. The van der Waals surface area contributed by atoms with Crippen LogP contribution in [0.1, 0.15) is 16.5 Å². The quantitative estimate of drug-likeness (QED) is 0.872. The fourth-order valence-electron chi connectivity index (χ4n) is 1.73. The molecule has 1 aromatic carbocycles. The number of sulfonamides is 1. The number of aryl methyl sites for hydroxylation is 1. The fraction of sp³-hybridized carbons (Fsp3) is 0.231. The molecule has 0 aliphatic rings. The van der Waals surface area contributed by atoms with Gasteiger partial charge in [-0.2, -0.15) is 0 Å². The maximum absolute atomic E-state index is 13.0. The van der Waals surface area contributed by atoms with E-state index in [2.05, 4.69) is 4.72 Å². The average Bonchev–Trinajstić information content (AvgIpc) is 2.85. The summed E-state index contributed by atoms with van der Waals surface area (Å²) in [6.07, 6.45) is -0.935. The molecule has 4 nitrogen and oxygen atoms in total. The molecule has 0 aliphatic carbocycles. The van der Waals surface area contributed by atoms with E-state index in [1.165, 1.54) is 11.3 Å². The Hall–Kier alpha value is -0.990. The van der Waals surface area contributed by atoms with Gasteiger partial charge in [-0.15, -0.1) is 11.3 Å². The highest BCUT2D eigenvalue weighted by Gasteiger charge is 2.19. The lowest BCUT2D eigenvalue weighted by Gasteiger charge is -2.12. The number of hydrogen-bond acceptors (Lipinski definition) is 4. The van der Waals surface area contributed by atoms with Crippen molar-refractivity contribution < 1.29 is 17.9 Å². The van der Waals surface area contributed by atoms with Crippen LogP contribution in [0.5, 0.6) is 0 Å². The number of aliphatic hydroxyl groups excluding tert-OH is 1. The monoisotopic (exact) mass is 349 g/mol. The highest BCUT2D eigenvalue weighted by Crippen LogP contribution is 2.24. The topological polar surface area (TPSA) is 66.4 Å². The van der Waals surface area contributed by atoms with Crippen molar-refractivity contribution in [3.63, 3.8) is 0 Å². The Morgan fingerprint density at radius 3 is 2.71 bits per heavy atom. The fourth-order valence-corrected chi connectivity index (χ4v) is 3.96. The Morgan fingerprint density at radius 1 is 1.43 bits per heavy atom. The van der Waals surface area contributed by atoms with Crippen LogP contribution in [-0.4, -0.2) is 20.1 Å². The van der Waals surface area contributed by atoms with Crippen LogP contribution in [0.15, 0.2) is 34.5 Å². The van der Waals surface area contributed by atoms with Crippen LogP contribution in [0.25, 0.3) is 0 Å².